The smallest absolute Gasteiger partial charge is 0.288 e. The first kappa shape index (κ1) is 20.1. The lowest BCUT2D eigenvalue weighted by Gasteiger charge is -2.34. The summed E-state index contributed by atoms with van der Waals surface area (Å²) in [5.41, 5.74) is 6.31. The molecule has 30 heavy (non-hydrogen) atoms. The number of nitrogens with one attached hydrogen (secondary N) is 2. The molecular weight excluding hydrogens is 378 g/mol. The van der Waals surface area contributed by atoms with Crippen LogP contribution in [0, 0.1) is 0 Å². The molecule has 2 N–H and O–H groups in total. The van der Waals surface area contributed by atoms with Gasteiger partial charge in [0.05, 0.1) is 5.69 Å². The molecule has 156 valence electrons. The standard InChI is InChI=1S/C23H27N5O2/c1-16(27-13-12-18-8-6-7-9-19(18)15-27)14-24-22(29)21-25-17(2)23(30)28(26-21)20-10-4-3-5-11-20/h3-11,16-17H,12-15H2,1-2H3,(H,24,29)(H,25,26)/t16-,17+/m1/s1. The predicted molar refractivity (Wildman–Crippen MR) is 117 cm³/mol. The monoisotopic (exact) mass is 405 g/mol. The number of amides is 2. The molecule has 0 bridgehead atoms. The molecule has 0 unspecified atom stereocenters. The van der Waals surface area contributed by atoms with Crippen molar-refractivity contribution in [3.05, 3.63) is 65.7 Å². The van der Waals surface area contributed by atoms with E-state index in [1.54, 1.807) is 6.92 Å². The number of rotatable bonds is 5. The molecule has 0 radical (unpaired) electrons. The SMILES string of the molecule is C[C@@H]1N=C(C(=O)NC[C@@H](C)N2CCc3ccccc3C2)NN(c2ccccc2)C1=O. The molecule has 2 amide bonds. The van der Waals surface area contributed by atoms with Gasteiger partial charge >= 0.3 is 0 Å². The predicted octanol–water partition coefficient (Wildman–Crippen LogP) is 1.89. The quantitative estimate of drug-likeness (QED) is 0.797. The summed E-state index contributed by atoms with van der Waals surface area (Å²) >= 11 is 0. The van der Waals surface area contributed by atoms with Crippen molar-refractivity contribution < 1.29 is 9.59 Å². The van der Waals surface area contributed by atoms with E-state index in [0.29, 0.717) is 12.2 Å². The third-order valence-corrected chi connectivity index (χ3v) is 5.69. The van der Waals surface area contributed by atoms with Crippen LogP contribution in [0.4, 0.5) is 5.69 Å². The van der Waals surface area contributed by atoms with Crippen molar-refractivity contribution in [2.45, 2.75) is 38.9 Å². The highest BCUT2D eigenvalue weighted by atomic mass is 16.2. The molecule has 7 nitrogen and oxygen atoms in total. The van der Waals surface area contributed by atoms with Crippen molar-refractivity contribution in [3.63, 3.8) is 0 Å². The Balaban J connectivity index is 1.37. The number of aliphatic imine (C=N–C) groups is 1. The zero-order valence-corrected chi connectivity index (χ0v) is 17.3. The van der Waals surface area contributed by atoms with Gasteiger partial charge in [0.25, 0.3) is 11.8 Å². The van der Waals surface area contributed by atoms with E-state index in [9.17, 15) is 9.59 Å². The van der Waals surface area contributed by atoms with Gasteiger partial charge in [-0.05, 0) is 43.5 Å². The molecule has 0 spiro atoms. The van der Waals surface area contributed by atoms with Crippen LogP contribution in [0.3, 0.4) is 0 Å². The number of hydrogen-bond donors (Lipinski definition) is 2. The lowest BCUT2D eigenvalue weighted by molar-refractivity contribution is -0.120. The van der Waals surface area contributed by atoms with Gasteiger partial charge in [-0.2, -0.15) is 0 Å². The minimum atomic E-state index is -0.622. The van der Waals surface area contributed by atoms with Gasteiger partial charge in [0, 0.05) is 25.7 Å². The van der Waals surface area contributed by atoms with Gasteiger partial charge in [0.1, 0.15) is 6.04 Å². The molecule has 2 aromatic carbocycles. The van der Waals surface area contributed by atoms with Crippen LogP contribution < -0.4 is 15.8 Å². The van der Waals surface area contributed by atoms with Gasteiger partial charge in [0.2, 0.25) is 5.84 Å². The number of anilines is 1. The maximum Gasteiger partial charge on any atom is 0.288 e. The maximum absolute atomic E-state index is 12.8. The Morgan fingerprint density at radius 1 is 1.17 bits per heavy atom. The zero-order chi connectivity index (χ0) is 21.1. The fraction of sp³-hybridized carbons (Fsp3) is 0.348. The third-order valence-electron chi connectivity index (χ3n) is 5.69. The Kier molecular flexibility index (Phi) is 5.81. The second-order valence-corrected chi connectivity index (χ2v) is 7.82. The van der Waals surface area contributed by atoms with Crippen LogP contribution in [-0.4, -0.2) is 47.7 Å². The topological polar surface area (TPSA) is 77.0 Å². The molecule has 2 heterocycles. The average molecular weight is 406 g/mol. The van der Waals surface area contributed by atoms with E-state index in [1.807, 2.05) is 30.3 Å². The van der Waals surface area contributed by atoms with Crippen LogP contribution in [0.1, 0.15) is 25.0 Å². The maximum atomic E-state index is 12.8. The fourth-order valence-corrected chi connectivity index (χ4v) is 3.85. The lowest BCUT2D eigenvalue weighted by Crippen LogP contribution is -2.58. The molecule has 0 fully saturated rings. The summed E-state index contributed by atoms with van der Waals surface area (Å²) < 4.78 is 0. The normalized spacial score (nSPS) is 20.1. The van der Waals surface area contributed by atoms with Crippen LogP contribution >= 0.6 is 0 Å². The summed E-state index contributed by atoms with van der Waals surface area (Å²) in [7, 11) is 0. The number of benzene rings is 2. The Morgan fingerprint density at radius 2 is 1.87 bits per heavy atom. The molecule has 2 atom stereocenters. The molecule has 0 aliphatic carbocycles. The number of hydrazine groups is 1. The number of nitrogens with zero attached hydrogens (tertiary/aromatic N) is 3. The van der Waals surface area contributed by atoms with Crippen molar-refractivity contribution in [2.75, 3.05) is 18.1 Å². The fourth-order valence-electron chi connectivity index (χ4n) is 3.85. The van der Waals surface area contributed by atoms with E-state index < -0.39 is 6.04 Å². The number of carbonyl (C=O) groups is 2. The molecule has 7 heteroatoms. The van der Waals surface area contributed by atoms with Crippen LogP contribution in [0.5, 0.6) is 0 Å². The summed E-state index contributed by atoms with van der Waals surface area (Å²) in [6.45, 7) is 6.18. The van der Waals surface area contributed by atoms with Crippen molar-refractivity contribution in [1.82, 2.24) is 15.6 Å². The number of amidine groups is 1. The van der Waals surface area contributed by atoms with Gasteiger partial charge in [-0.15, -0.1) is 0 Å². The first-order valence-corrected chi connectivity index (χ1v) is 10.4. The van der Waals surface area contributed by atoms with E-state index in [2.05, 4.69) is 51.8 Å². The van der Waals surface area contributed by atoms with Crippen molar-refractivity contribution in [3.8, 4) is 0 Å². The Bertz CT molecular complexity index is 959. The Hall–Kier alpha value is -3.19. The molecule has 0 saturated carbocycles. The number of fused-ring (bicyclic) bond motifs is 1. The molecular formula is C23H27N5O2. The molecule has 4 rings (SSSR count). The highest BCUT2D eigenvalue weighted by Gasteiger charge is 2.31. The van der Waals surface area contributed by atoms with Crippen LogP contribution in [-0.2, 0) is 22.6 Å². The molecule has 0 saturated heterocycles. The van der Waals surface area contributed by atoms with Crippen molar-refractivity contribution >= 4 is 23.3 Å². The highest BCUT2D eigenvalue weighted by molar-refractivity contribution is 6.39. The zero-order valence-electron chi connectivity index (χ0n) is 17.3. The summed E-state index contributed by atoms with van der Waals surface area (Å²) in [5.74, 6) is -0.347. The minimum Gasteiger partial charge on any atom is -0.348 e. The van der Waals surface area contributed by atoms with Gasteiger partial charge in [-0.25, -0.2) is 10.0 Å². The first-order valence-electron chi connectivity index (χ1n) is 10.4. The number of carbonyl (C=O) groups excluding carboxylic acids is 2. The molecule has 2 aromatic rings. The van der Waals surface area contributed by atoms with Crippen LogP contribution in [0.15, 0.2) is 59.6 Å². The second-order valence-electron chi connectivity index (χ2n) is 7.82. The second kappa shape index (κ2) is 8.67. The van der Waals surface area contributed by atoms with Crippen molar-refractivity contribution in [1.29, 1.82) is 0 Å². The van der Waals surface area contributed by atoms with Gasteiger partial charge in [-0.1, -0.05) is 42.5 Å². The molecule has 0 aromatic heterocycles. The lowest BCUT2D eigenvalue weighted by atomic mass is 9.99. The molecule has 2 aliphatic heterocycles. The highest BCUT2D eigenvalue weighted by Crippen LogP contribution is 2.20. The first-order chi connectivity index (χ1) is 14.5. The Morgan fingerprint density at radius 3 is 2.63 bits per heavy atom. The van der Waals surface area contributed by atoms with Crippen molar-refractivity contribution in [2.24, 2.45) is 4.99 Å². The van der Waals surface area contributed by atoms with Crippen LogP contribution in [0.25, 0.3) is 0 Å². The Labute approximate surface area is 176 Å². The summed E-state index contributed by atoms with van der Waals surface area (Å²) in [4.78, 5) is 31.9. The van der Waals surface area contributed by atoms with E-state index in [1.165, 1.54) is 16.1 Å². The summed E-state index contributed by atoms with van der Waals surface area (Å²) in [6, 6.07) is 17.3. The average Bonchev–Trinajstić information content (AvgIpc) is 2.79. The van der Waals surface area contributed by atoms with Gasteiger partial charge < -0.3 is 5.32 Å². The van der Waals surface area contributed by atoms with E-state index in [4.69, 9.17) is 0 Å². The van der Waals surface area contributed by atoms with E-state index in [0.717, 1.165) is 19.5 Å². The summed E-state index contributed by atoms with van der Waals surface area (Å²) in [6.07, 6.45) is 1.02. The van der Waals surface area contributed by atoms with E-state index in [-0.39, 0.29) is 23.7 Å². The largest absolute Gasteiger partial charge is 0.348 e. The summed E-state index contributed by atoms with van der Waals surface area (Å²) in [5, 5.41) is 4.36. The van der Waals surface area contributed by atoms with Crippen LogP contribution in [0.2, 0.25) is 0 Å². The minimum absolute atomic E-state index is 0.155. The third kappa shape index (κ3) is 4.21. The van der Waals surface area contributed by atoms with Gasteiger partial charge in [-0.3, -0.25) is 19.9 Å². The van der Waals surface area contributed by atoms with E-state index >= 15 is 0 Å². The van der Waals surface area contributed by atoms with Gasteiger partial charge in [0.15, 0.2) is 0 Å². The number of hydrogen-bond acceptors (Lipinski definition) is 5. The molecule has 2 aliphatic rings. The number of para-hydroxylation sites is 1.